The minimum Gasteiger partial charge on any atom is -0.103 e. The second kappa shape index (κ2) is 4.27. The molecule has 1 aromatic rings. The zero-order valence-corrected chi connectivity index (χ0v) is 8.80. The van der Waals surface area contributed by atoms with E-state index in [-0.39, 0.29) is 0 Å². The normalized spacial score (nSPS) is 12.5. The maximum Gasteiger partial charge on any atom is -0.0156 e. The average molecular weight is 174 g/mol. The van der Waals surface area contributed by atoms with Crippen LogP contribution in [-0.4, -0.2) is 0 Å². The first-order valence-corrected chi connectivity index (χ1v) is 4.83. The van der Waals surface area contributed by atoms with Crippen molar-refractivity contribution in [2.45, 2.75) is 33.1 Å². The lowest BCUT2D eigenvalue weighted by atomic mass is 9.95. The van der Waals surface area contributed by atoms with Crippen LogP contribution in [0.3, 0.4) is 0 Å². The van der Waals surface area contributed by atoms with Crippen molar-refractivity contribution in [3.8, 4) is 0 Å². The summed E-state index contributed by atoms with van der Waals surface area (Å²) >= 11 is 0. The Morgan fingerprint density at radius 1 is 1.31 bits per heavy atom. The largest absolute Gasteiger partial charge is 0.103 e. The van der Waals surface area contributed by atoms with Crippen LogP contribution in [0.2, 0.25) is 0 Å². The molecule has 70 valence electrons. The molecule has 0 fully saturated rings. The van der Waals surface area contributed by atoms with Gasteiger partial charge in [0.1, 0.15) is 0 Å². The molecule has 0 radical (unpaired) electrons. The Bertz CT molecular complexity index is 297. The Morgan fingerprint density at radius 2 is 2.00 bits per heavy atom. The molecule has 0 amide bonds. The molecule has 0 N–H and O–H groups in total. The SMILES string of the molecule is C=CCC(C)c1ccc(C)c(C)c1. The summed E-state index contributed by atoms with van der Waals surface area (Å²) in [6.45, 7) is 10.3. The molecular weight excluding hydrogens is 156 g/mol. The Kier molecular flexibility index (Phi) is 3.30. The van der Waals surface area contributed by atoms with Gasteiger partial charge in [-0.1, -0.05) is 31.2 Å². The van der Waals surface area contributed by atoms with Crippen molar-refractivity contribution < 1.29 is 0 Å². The summed E-state index contributed by atoms with van der Waals surface area (Å²) < 4.78 is 0. The van der Waals surface area contributed by atoms with Crippen molar-refractivity contribution in [2.75, 3.05) is 0 Å². The predicted molar refractivity (Wildman–Crippen MR) is 59.1 cm³/mol. The highest BCUT2D eigenvalue weighted by molar-refractivity contribution is 5.31. The van der Waals surface area contributed by atoms with Crippen LogP contribution in [0.1, 0.15) is 36.0 Å². The van der Waals surface area contributed by atoms with E-state index < -0.39 is 0 Å². The molecule has 0 aliphatic rings. The van der Waals surface area contributed by atoms with Crippen LogP contribution in [0.5, 0.6) is 0 Å². The minimum atomic E-state index is 0.594. The van der Waals surface area contributed by atoms with Gasteiger partial charge < -0.3 is 0 Å². The van der Waals surface area contributed by atoms with E-state index in [9.17, 15) is 0 Å². The van der Waals surface area contributed by atoms with Crippen LogP contribution in [0, 0.1) is 13.8 Å². The number of benzene rings is 1. The van der Waals surface area contributed by atoms with Crippen LogP contribution in [0.25, 0.3) is 0 Å². The van der Waals surface area contributed by atoms with Gasteiger partial charge in [-0.25, -0.2) is 0 Å². The highest BCUT2D eigenvalue weighted by Crippen LogP contribution is 2.21. The smallest absolute Gasteiger partial charge is 0.0156 e. The summed E-state index contributed by atoms with van der Waals surface area (Å²) in [5, 5.41) is 0. The molecule has 1 rings (SSSR count). The Morgan fingerprint density at radius 3 is 2.54 bits per heavy atom. The van der Waals surface area contributed by atoms with Gasteiger partial charge in [0.05, 0.1) is 0 Å². The first-order valence-electron chi connectivity index (χ1n) is 4.83. The molecule has 0 saturated heterocycles. The number of rotatable bonds is 3. The quantitative estimate of drug-likeness (QED) is 0.608. The number of aryl methyl sites for hydroxylation is 2. The molecule has 0 aromatic heterocycles. The van der Waals surface area contributed by atoms with Crippen LogP contribution >= 0.6 is 0 Å². The van der Waals surface area contributed by atoms with Gasteiger partial charge in [0.15, 0.2) is 0 Å². The molecule has 1 aromatic carbocycles. The van der Waals surface area contributed by atoms with E-state index in [0.717, 1.165) is 6.42 Å². The minimum absolute atomic E-state index is 0.594. The van der Waals surface area contributed by atoms with E-state index in [1.165, 1.54) is 16.7 Å². The summed E-state index contributed by atoms with van der Waals surface area (Å²) in [5.41, 5.74) is 4.17. The molecule has 13 heavy (non-hydrogen) atoms. The zero-order valence-electron chi connectivity index (χ0n) is 8.80. The molecule has 0 aliphatic carbocycles. The maximum absolute atomic E-state index is 3.77. The molecule has 0 heteroatoms. The highest BCUT2D eigenvalue weighted by Gasteiger charge is 2.03. The van der Waals surface area contributed by atoms with Gasteiger partial charge in [0, 0.05) is 0 Å². The number of allylic oxidation sites excluding steroid dienone is 1. The lowest BCUT2D eigenvalue weighted by molar-refractivity contribution is 0.780. The summed E-state index contributed by atoms with van der Waals surface area (Å²) in [6.07, 6.45) is 3.04. The topological polar surface area (TPSA) is 0 Å². The van der Waals surface area contributed by atoms with Crippen LogP contribution in [0.4, 0.5) is 0 Å². The number of hydrogen-bond acceptors (Lipinski definition) is 0. The maximum atomic E-state index is 3.77. The molecule has 0 spiro atoms. The average Bonchev–Trinajstić information content (AvgIpc) is 2.10. The highest BCUT2D eigenvalue weighted by atomic mass is 14.1. The number of hydrogen-bond donors (Lipinski definition) is 0. The second-order valence-electron chi connectivity index (χ2n) is 3.77. The van der Waals surface area contributed by atoms with E-state index in [2.05, 4.69) is 45.5 Å². The van der Waals surface area contributed by atoms with Gasteiger partial charge in [0.25, 0.3) is 0 Å². The van der Waals surface area contributed by atoms with Gasteiger partial charge in [-0.15, -0.1) is 6.58 Å². The van der Waals surface area contributed by atoms with Crippen molar-refractivity contribution in [3.63, 3.8) is 0 Å². The van der Waals surface area contributed by atoms with Gasteiger partial charge in [-0.2, -0.15) is 0 Å². The molecule has 0 bridgehead atoms. The van der Waals surface area contributed by atoms with Crippen molar-refractivity contribution in [1.29, 1.82) is 0 Å². The van der Waals surface area contributed by atoms with Crippen molar-refractivity contribution in [2.24, 2.45) is 0 Å². The van der Waals surface area contributed by atoms with Crippen LogP contribution < -0.4 is 0 Å². The Balaban J connectivity index is 2.89. The standard InChI is InChI=1S/C13H18/c1-5-6-11(3)13-8-7-10(2)12(4)9-13/h5,7-9,11H,1,6H2,2-4H3. The zero-order chi connectivity index (χ0) is 9.84. The second-order valence-corrected chi connectivity index (χ2v) is 3.77. The molecule has 0 aliphatic heterocycles. The fourth-order valence-electron chi connectivity index (χ4n) is 1.46. The fraction of sp³-hybridized carbons (Fsp3) is 0.385. The molecule has 0 nitrogen and oxygen atoms in total. The van der Waals surface area contributed by atoms with Crippen LogP contribution in [-0.2, 0) is 0 Å². The molecule has 0 heterocycles. The molecular formula is C13H18. The molecule has 1 unspecified atom stereocenters. The van der Waals surface area contributed by atoms with Gasteiger partial charge in [-0.05, 0) is 42.9 Å². The van der Waals surface area contributed by atoms with Gasteiger partial charge >= 0.3 is 0 Å². The van der Waals surface area contributed by atoms with E-state index in [1.54, 1.807) is 0 Å². The summed E-state index contributed by atoms with van der Waals surface area (Å²) in [5.74, 6) is 0.594. The summed E-state index contributed by atoms with van der Waals surface area (Å²) in [6, 6.07) is 6.70. The van der Waals surface area contributed by atoms with E-state index in [4.69, 9.17) is 0 Å². The first kappa shape index (κ1) is 10.0. The van der Waals surface area contributed by atoms with Gasteiger partial charge in [0.2, 0.25) is 0 Å². The monoisotopic (exact) mass is 174 g/mol. The summed E-state index contributed by atoms with van der Waals surface area (Å²) in [7, 11) is 0. The molecule has 0 saturated carbocycles. The molecule has 1 atom stereocenters. The van der Waals surface area contributed by atoms with Crippen molar-refractivity contribution in [3.05, 3.63) is 47.5 Å². The lowest BCUT2D eigenvalue weighted by Gasteiger charge is -2.11. The predicted octanol–water partition coefficient (Wildman–Crippen LogP) is 3.98. The summed E-state index contributed by atoms with van der Waals surface area (Å²) in [4.78, 5) is 0. The van der Waals surface area contributed by atoms with Crippen molar-refractivity contribution in [1.82, 2.24) is 0 Å². The third kappa shape index (κ3) is 2.45. The third-order valence-electron chi connectivity index (χ3n) is 2.62. The Hall–Kier alpha value is -1.04. The Labute approximate surface area is 81.3 Å². The van der Waals surface area contributed by atoms with Crippen LogP contribution in [0.15, 0.2) is 30.9 Å². The van der Waals surface area contributed by atoms with Crippen molar-refractivity contribution >= 4 is 0 Å². The lowest BCUT2D eigenvalue weighted by Crippen LogP contribution is -1.93. The van der Waals surface area contributed by atoms with Gasteiger partial charge in [-0.3, -0.25) is 0 Å². The third-order valence-corrected chi connectivity index (χ3v) is 2.62. The van der Waals surface area contributed by atoms with E-state index >= 15 is 0 Å². The van der Waals surface area contributed by atoms with E-state index in [0.29, 0.717) is 5.92 Å². The fourth-order valence-corrected chi connectivity index (χ4v) is 1.46. The first-order chi connectivity index (χ1) is 6.15. The van der Waals surface area contributed by atoms with E-state index in [1.807, 2.05) is 6.08 Å².